The number of aromatic nitrogens is 2. The molecule has 1 aliphatic rings. The van der Waals surface area contributed by atoms with Gasteiger partial charge in [0.2, 0.25) is 6.10 Å². The Kier molecular flexibility index (Phi) is 5.64. The van der Waals surface area contributed by atoms with E-state index in [1.165, 1.54) is 12.2 Å². The van der Waals surface area contributed by atoms with Crippen molar-refractivity contribution in [2.24, 2.45) is 0 Å². The zero-order valence-corrected chi connectivity index (χ0v) is 15.5. The Labute approximate surface area is 160 Å². The molecule has 0 amide bonds. The van der Waals surface area contributed by atoms with Gasteiger partial charge in [-0.05, 0) is 24.6 Å². The third-order valence-corrected chi connectivity index (χ3v) is 4.69. The summed E-state index contributed by atoms with van der Waals surface area (Å²) in [7, 11) is 0. The first-order valence-corrected chi connectivity index (χ1v) is 8.73. The van der Waals surface area contributed by atoms with E-state index in [4.69, 9.17) is 32.7 Å². The molecule has 1 atom stereocenters. The van der Waals surface area contributed by atoms with E-state index < -0.39 is 18.0 Å². The number of halogens is 2. The Morgan fingerprint density at radius 2 is 2.19 bits per heavy atom. The summed E-state index contributed by atoms with van der Waals surface area (Å²) in [5.41, 5.74) is 2.14. The fraction of sp³-hybridized carbons (Fsp3) is 0.278. The zero-order valence-electron chi connectivity index (χ0n) is 13.9. The molecule has 1 aromatic heterocycles. The molecule has 0 spiro atoms. The molecule has 1 saturated heterocycles. The van der Waals surface area contributed by atoms with Gasteiger partial charge in [0, 0.05) is 23.1 Å². The molecular formula is C18H16Cl2N2O4. The average molecular weight is 395 g/mol. The lowest BCUT2D eigenvalue weighted by Crippen LogP contribution is -2.21. The Morgan fingerprint density at radius 3 is 2.88 bits per heavy atom. The molecule has 8 heteroatoms. The van der Waals surface area contributed by atoms with E-state index in [0.717, 1.165) is 5.56 Å². The molecule has 0 N–H and O–H groups in total. The van der Waals surface area contributed by atoms with Crippen molar-refractivity contribution >= 4 is 41.2 Å². The summed E-state index contributed by atoms with van der Waals surface area (Å²) in [5, 5.41) is 5.40. The highest BCUT2D eigenvalue weighted by atomic mass is 35.5. The highest BCUT2D eigenvalue weighted by Crippen LogP contribution is 2.24. The second kappa shape index (κ2) is 7.93. The summed E-state index contributed by atoms with van der Waals surface area (Å²) in [5.74, 6) is -1.16. The molecule has 1 aliphatic heterocycles. The topological polar surface area (TPSA) is 70.4 Å². The number of aryl methyl sites for hydroxylation is 1. The van der Waals surface area contributed by atoms with Gasteiger partial charge in [0.25, 0.3) is 0 Å². The molecule has 6 nitrogen and oxygen atoms in total. The summed E-state index contributed by atoms with van der Waals surface area (Å²) in [6.07, 6.45) is 2.28. The predicted molar refractivity (Wildman–Crippen MR) is 97.0 cm³/mol. The van der Waals surface area contributed by atoms with Gasteiger partial charge in [0.15, 0.2) is 0 Å². The molecule has 2 aromatic rings. The van der Waals surface area contributed by atoms with Crippen molar-refractivity contribution in [2.75, 3.05) is 6.61 Å². The van der Waals surface area contributed by atoms with Crippen molar-refractivity contribution in [3.63, 3.8) is 0 Å². The van der Waals surface area contributed by atoms with Gasteiger partial charge in [-0.1, -0.05) is 41.4 Å². The maximum atomic E-state index is 11.9. The number of hydrogen-bond donors (Lipinski definition) is 0. The number of nitrogens with zero attached hydrogens (tertiary/aromatic N) is 2. The Bertz CT molecular complexity index is 876. The number of ether oxygens (including phenoxy) is 2. The summed E-state index contributed by atoms with van der Waals surface area (Å²) in [4.78, 5) is 23.2. The van der Waals surface area contributed by atoms with Gasteiger partial charge >= 0.3 is 11.9 Å². The van der Waals surface area contributed by atoms with Crippen LogP contribution in [0.4, 0.5) is 0 Å². The fourth-order valence-corrected chi connectivity index (χ4v) is 3.06. The molecule has 26 heavy (non-hydrogen) atoms. The number of esters is 2. The van der Waals surface area contributed by atoms with Gasteiger partial charge in [-0.3, -0.25) is 0 Å². The fourth-order valence-electron chi connectivity index (χ4n) is 2.56. The molecule has 136 valence electrons. The molecule has 0 saturated carbocycles. The third kappa shape index (κ3) is 4.08. The van der Waals surface area contributed by atoms with Crippen LogP contribution in [0.5, 0.6) is 0 Å². The van der Waals surface area contributed by atoms with Crippen molar-refractivity contribution in [3.05, 3.63) is 57.3 Å². The van der Waals surface area contributed by atoms with Gasteiger partial charge in [-0.25, -0.2) is 14.3 Å². The summed E-state index contributed by atoms with van der Waals surface area (Å²) >= 11 is 12.6. The van der Waals surface area contributed by atoms with Gasteiger partial charge < -0.3 is 9.47 Å². The number of hydrogen-bond acceptors (Lipinski definition) is 5. The summed E-state index contributed by atoms with van der Waals surface area (Å²) < 4.78 is 11.4. The minimum atomic E-state index is -0.841. The van der Waals surface area contributed by atoms with E-state index in [9.17, 15) is 9.59 Å². The highest BCUT2D eigenvalue weighted by molar-refractivity contribution is 6.32. The normalized spacial score (nSPS) is 16.9. The minimum absolute atomic E-state index is 0.264. The van der Waals surface area contributed by atoms with Crippen LogP contribution in [0.1, 0.15) is 23.2 Å². The Hall–Kier alpha value is -2.31. The number of rotatable bonds is 5. The van der Waals surface area contributed by atoms with E-state index in [0.29, 0.717) is 34.4 Å². The van der Waals surface area contributed by atoms with Crippen molar-refractivity contribution in [3.8, 4) is 0 Å². The third-order valence-electron chi connectivity index (χ3n) is 3.92. The number of carbonyl (C=O) groups excluding carboxylic acids is 2. The van der Waals surface area contributed by atoms with Gasteiger partial charge in [0.1, 0.15) is 5.15 Å². The second-order valence-electron chi connectivity index (χ2n) is 5.75. The largest absolute Gasteiger partial charge is 0.463 e. The van der Waals surface area contributed by atoms with Crippen LogP contribution in [0.15, 0.2) is 30.3 Å². The van der Waals surface area contributed by atoms with Crippen LogP contribution in [-0.4, -0.2) is 34.4 Å². The molecule has 1 aromatic carbocycles. The first-order valence-electron chi connectivity index (χ1n) is 7.97. The van der Waals surface area contributed by atoms with Crippen LogP contribution in [0.2, 0.25) is 10.2 Å². The maximum Gasteiger partial charge on any atom is 0.347 e. The van der Waals surface area contributed by atoms with Crippen molar-refractivity contribution in [2.45, 2.75) is 26.0 Å². The van der Waals surface area contributed by atoms with Crippen LogP contribution in [0, 0.1) is 6.92 Å². The Morgan fingerprint density at radius 1 is 1.42 bits per heavy atom. The predicted octanol–water partition coefficient (Wildman–Crippen LogP) is 3.42. The van der Waals surface area contributed by atoms with Gasteiger partial charge in [0.05, 0.1) is 18.8 Å². The number of carbonyl (C=O) groups is 2. The molecule has 0 radical (unpaired) electrons. The van der Waals surface area contributed by atoms with Crippen LogP contribution in [0.3, 0.4) is 0 Å². The maximum absolute atomic E-state index is 11.9. The van der Waals surface area contributed by atoms with Crippen molar-refractivity contribution < 1.29 is 19.1 Å². The molecular weight excluding hydrogens is 379 g/mol. The SMILES string of the molecule is Cc1nn(Cc2ccccc2Cl)c(Cl)c1/C=C/C(=O)O[C@@H]1CCOC1=O. The monoisotopic (exact) mass is 394 g/mol. The molecule has 3 rings (SSSR count). The van der Waals surface area contributed by atoms with E-state index in [1.54, 1.807) is 17.7 Å². The van der Waals surface area contributed by atoms with Gasteiger partial charge in [-0.2, -0.15) is 5.10 Å². The van der Waals surface area contributed by atoms with Crippen molar-refractivity contribution in [1.29, 1.82) is 0 Å². The van der Waals surface area contributed by atoms with E-state index in [1.807, 2.05) is 18.2 Å². The highest BCUT2D eigenvalue weighted by Gasteiger charge is 2.29. The molecule has 0 unspecified atom stereocenters. The molecule has 2 heterocycles. The van der Waals surface area contributed by atoms with Crippen LogP contribution in [0.25, 0.3) is 6.08 Å². The summed E-state index contributed by atoms with van der Waals surface area (Å²) in [6.45, 7) is 2.46. The van der Waals surface area contributed by atoms with E-state index in [-0.39, 0.29) is 6.61 Å². The molecule has 0 aliphatic carbocycles. The zero-order chi connectivity index (χ0) is 18.7. The minimum Gasteiger partial charge on any atom is -0.463 e. The van der Waals surface area contributed by atoms with Crippen LogP contribution in [-0.2, 0) is 25.6 Å². The van der Waals surface area contributed by atoms with Crippen LogP contribution < -0.4 is 0 Å². The second-order valence-corrected chi connectivity index (χ2v) is 6.52. The first-order chi connectivity index (χ1) is 12.5. The smallest absolute Gasteiger partial charge is 0.347 e. The molecule has 1 fully saturated rings. The lowest BCUT2D eigenvalue weighted by Gasteiger charge is -2.06. The molecule has 0 bridgehead atoms. The first kappa shape index (κ1) is 18.5. The standard InChI is InChI=1S/C18H16Cl2N2O4/c1-11-13(6-7-16(23)26-15-8-9-25-18(15)24)17(20)22(21-11)10-12-4-2-3-5-14(12)19/h2-7,15H,8-10H2,1H3/b7-6+/t15-/m1/s1. The summed E-state index contributed by atoms with van der Waals surface area (Å²) in [6, 6.07) is 7.42. The lowest BCUT2D eigenvalue weighted by atomic mass is 10.2. The number of cyclic esters (lactones) is 1. The van der Waals surface area contributed by atoms with Crippen LogP contribution >= 0.6 is 23.2 Å². The van der Waals surface area contributed by atoms with E-state index >= 15 is 0 Å². The van der Waals surface area contributed by atoms with Gasteiger partial charge in [-0.15, -0.1) is 0 Å². The Balaban J connectivity index is 1.72. The average Bonchev–Trinajstić information content (AvgIpc) is 3.12. The quantitative estimate of drug-likeness (QED) is 0.573. The van der Waals surface area contributed by atoms with E-state index in [2.05, 4.69) is 5.10 Å². The lowest BCUT2D eigenvalue weighted by molar-refractivity contribution is -0.156. The van der Waals surface area contributed by atoms with Crippen molar-refractivity contribution in [1.82, 2.24) is 9.78 Å². The number of benzene rings is 1.